The molecule has 1 aliphatic heterocycles. The van der Waals surface area contributed by atoms with E-state index in [2.05, 4.69) is 11.9 Å². The number of ether oxygens (including phenoxy) is 1. The highest BCUT2D eigenvalue weighted by Crippen LogP contribution is 2.40. The molecule has 9 heteroatoms. The van der Waals surface area contributed by atoms with Gasteiger partial charge in [-0.2, -0.15) is 0 Å². The fraction of sp³-hybridized carbons (Fsp3) is 0.273. The van der Waals surface area contributed by atoms with Crippen molar-refractivity contribution in [2.24, 2.45) is 0 Å². The third kappa shape index (κ3) is 5.11. The number of piperazine rings is 1. The number of halogens is 3. The molecule has 0 radical (unpaired) electrons. The number of hydrogen-bond donors (Lipinski definition) is 1. The van der Waals surface area contributed by atoms with E-state index < -0.39 is 5.82 Å². The van der Waals surface area contributed by atoms with Gasteiger partial charge in [0.05, 0.1) is 29.4 Å². The monoisotopic (exact) mass is 465 g/mol. The molecule has 0 unspecified atom stereocenters. The van der Waals surface area contributed by atoms with Gasteiger partial charge in [-0.05, 0) is 18.2 Å². The molecule has 0 saturated carbocycles. The Labute approximate surface area is 190 Å². The van der Waals surface area contributed by atoms with Gasteiger partial charge >= 0.3 is 0 Å². The fourth-order valence-electron chi connectivity index (χ4n) is 3.37. The molecule has 0 atom stereocenters. The van der Waals surface area contributed by atoms with Gasteiger partial charge in [-0.15, -0.1) is 0 Å². The summed E-state index contributed by atoms with van der Waals surface area (Å²) in [4.78, 5) is 27.7. The van der Waals surface area contributed by atoms with Gasteiger partial charge in [0, 0.05) is 43.4 Å². The topological polar surface area (TPSA) is 61.9 Å². The van der Waals surface area contributed by atoms with Crippen LogP contribution in [0, 0.1) is 5.82 Å². The van der Waals surface area contributed by atoms with Crippen LogP contribution < -0.4 is 10.1 Å². The van der Waals surface area contributed by atoms with Crippen molar-refractivity contribution in [2.75, 3.05) is 45.2 Å². The number of hydrogen-bond acceptors (Lipinski definition) is 4. The van der Waals surface area contributed by atoms with Gasteiger partial charge in [0.2, 0.25) is 11.8 Å². The summed E-state index contributed by atoms with van der Waals surface area (Å²) in [6, 6.07) is 7.74. The summed E-state index contributed by atoms with van der Waals surface area (Å²) in [5.74, 6) is -0.368. The van der Waals surface area contributed by atoms with Crippen molar-refractivity contribution in [3.8, 4) is 16.9 Å². The van der Waals surface area contributed by atoms with Gasteiger partial charge in [0.1, 0.15) is 11.6 Å². The first-order valence-electron chi connectivity index (χ1n) is 9.60. The van der Waals surface area contributed by atoms with Crippen LogP contribution in [0.1, 0.15) is 0 Å². The van der Waals surface area contributed by atoms with Crippen LogP contribution in [0.15, 0.2) is 43.0 Å². The third-order valence-corrected chi connectivity index (χ3v) is 5.78. The van der Waals surface area contributed by atoms with Crippen molar-refractivity contribution in [1.29, 1.82) is 0 Å². The van der Waals surface area contributed by atoms with Gasteiger partial charge < -0.3 is 19.9 Å². The van der Waals surface area contributed by atoms with E-state index in [1.807, 2.05) is 0 Å². The van der Waals surface area contributed by atoms with Crippen LogP contribution in [-0.4, -0.2) is 61.4 Å². The normalized spacial score (nSPS) is 13.7. The zero-order valence-electron chi connectivity index (χ0n) is 17.0. The first-order chi connectivity index (χ1) is 14.8. The van der Waals surface area contributed by atoms with Crippen molar-refractivity contribution >= 4 is 40.7 Å². The SMILES string of the molecule is C=CC(=O)N1CCN(C(=O)CNc2cc(-c3cccc(F)c3Cl)c(Cl)cc2OC)CC1. The van der Waals surface area contributed by atoms with Crippen LogP contribution in [0.3, 0.4) is 0 Å². The molecular weight excluding hydrogens is 444 g/mol. The first-order valence-corrected chi connectivity index (χ1v) is 10.4. The molecule has 0 aliphatic carbocycles. The van der Waals surface area contributed by atoms with E-state index in [1.165, 1.54) is 19.3 Å². The fourth-order valence-corrected chi connectivity index (χ4v) is 3.85. The van der Waals surface area contributed by atoms with Gasteiger partial charge in [0.25, 0.3) is 0 Å². The lowest BCUT2D eigenvalue weighted by Gasteiger charge is -2.34. The van der Waals surface area contributed by atoms with E-state index in [4.69, 9.17) is 27.9 Å². The second-order valence-corrected chi connectivity index (χ2v) is 7.68. The zero-order valence-corrected chi connectivity index (χ0v) is 18.5. The molecule has 1 saturated heterocycles. The molecule has 1 aliphatic rings. The molecular formula is C22H22Cl2FN3O3. The Balaban J connectivity index is 1.74. The summed E-state index contributed by atoms with van der Waals surface area (Å²) in [6.07, 6.45) is 1.27. The van der Waals surface area contributed by atoms with Crippen molar-refractivity contribution in [2.45, 2.75) is 0 Å². The minimum Gasteiger partial charge on any atom is -0.495 e. The smallest absolute Gasteiger partial charge is 0.246 e. The number of benzene rings is 2. The van der Waals surface area contributed by atoms with E-state index in [9.17, 15) is 14.0 Å². The van der Waals surface area contributed by atoms with E-state index in [-0.39, 0.29) is 23.4 Å². The number of rotatable bonds is 6. The highest BCUT2D eigenvalue weighted by Gasteiger charge is 2.23. The molecule has 2 aromatic carbocycles. The molecule has 0 bridgehead atoms. The third-order valence-electron chi connectivity index (χ3n) is 5.08. The number of methoxy groups -OCH3 is 1. The molecule has 1 fully saturated rings. The maximum Gasteiger partial charge on any atom is 0.246 e. The number of anilines is 1. The second-order valence-electron chi connectivity index (χ2n) is 6.90. The molecule has 1 heterocycles. The molecule has 2 aromatic rings. The molecule has 2 amide bonds. The number of amides is 2. The zero-order chi connectivity index (χ0) is 22.5. The molecule has 164 valence electrons. The van der Waals surface area contributed by atoms with Crippen LogP contribution in [0.2, 0.25) is 10.0 Å². The molecule has 6 nitrogen and oxygen atoms in total. The lowest BCUT2D eigenvalue weighted by Crippen LogP contribution is -2.51. The van der Waals surface area contributed by atoms with E-state index in [0.29, 0.717) is 53.8 Å². The quantitative estimate of drug-likeness (QED) is 0.652. The van der Waals surface area contributed by atoms with Crippen LogP contribution in [0.25, 0.3) is 11.1 Å². The van der Waals surface area contributed by atoms with E-state index in [1.54, 1.807) is 34.1 Å². The Morgan fingerprint density at radius 3 is 2.48 bits per heavy atom. The average molecular weight is 466 g/mol. The number of nitrogens with one attached hydrogen (secondary N) is 1. The molecule has 31 heavy (non-hydrogen) atoms. The summed E-state index contributed by atoms with van der Waals surface area (Å²) >= 11 is 12.5. The van der Waals surface area contributed by atoms with Crippen LogP contribution in [-0.2, 0) is 9.59 Å². The van der Waals surface area contributed by atoms with Crippen LogP contribution >= 0.6 is 23.2 Å². The minimum atomic E-state index is -0.551. The number of carbonyl (C=O) groups excluding carboxylic acids is 2. The lowest BCUT2D eigenvalue weighted by atomic mass is 10.0. The minimum absolute atomic E-state index is 0.0176. The summed E-state index contributed by atoms with van der Waals surface area (Å²) in [5.41, 5.74) is 1.47. The largest absolute Gasteiger partial charge is 0.495 e. The molecule has 1 N–H and O–H groups in total. The number of carbonyl (C=O) groups is 2. The lowest BCUT2D eigenvalue weighted by molar-refractivity contribution is -0.135. The van der Waals surface area contributed by atoms with E-state index >= 15 is 0 Å². The van der Waals surface area contributed by atoms with Crippen LogP contribution in [0.4, 0.5) is 10.1 Å². The summed E-state index contributed by atoms with van der Waals surface area (Å²) in [6.45, 7) is 5.32. The van der Waals surface area contributed by atoms with Gasteiger partial charge in [-0.1, -0.05) is 41.9 Å². The highest BCUT2D eigenvalue weighted by atomic mass is 35.5. The molecule has 3 rings (SSSR count). The van der Waals surface area contributed by atoms with Crippen molar-refractivity contribution in [1.82, 2.24) is 9.80 Å². The first kappa shape index (κ1) is 22.9. The van der Waals surface area contributed by atoms with Gasteiger partial charge in [-0.25, -0.2) is 4.39 Å². The Morgan fingerprint density at radius 1 is 1.16 bits per heavy atom. The molecule has 0 spiro atoms. The van der Waals surface area contributed by atoms with Crippen molar-refractivity contribution in [3.63, 3.8) is 0 Å². The maximum absolute atomic E-state index is 13.9. The number of nitrogens with zero attached hydrogens (tertiary/aromatic N) is 2. The molecule has 0 aromatic heterocycles. The Morgan fingerprint density at radius 2 is 1.84 bits per heavy atom. The summed E-state index contributed by atoms with van der Waals surface area (Å²) < 4.78 is 19.3. The Bertz CT molecular complexity index is 1010. The Kier molecular flexibility index (Phi) is 7.41. The summed E-state index contributed by atoms with van der Waals surface area (Å²) in [5, 5.41) is 3.37. The standard InChI is InChI=1S/C22H22Cl2FN3O3/c1-3-20(29)27-7-9-28(10-8-27)21(30)13-26-18-11-15(16(23)12-19(18)31-2)14-5-4-6-17(25)22(14)24/h3-6,11-12,26H,1,7-10,13H2,2H3. The van der Waals surface area contributed by atoms with E-state index in [0.717, 1.165) is 0 Å². The second kappa shape index (κ2) is 10.0. The van der Waals surface area contributed by atoms with Crippen molar-refractivity contribution in [3.05, 3.63) is 58.8 Å². The predicted molar refractivity (Wildman–Crippen MR) is 120 cm³/mol. The maximum atomic E-state index is 13.9. The van der Waals surface area contributed by atoms with Gasteiger partial charge in [-0.3, -0.25) is 9.59 Å². The van der Waals surface area contributed by atoms with Crippen molar-refractivity contribution < 1.29 is 18.7 Å². The highest BCUT2D eigenvalue weighted by molar-refractivity contribution is 6.36. The van der Waals surface area contributed by atoms with Gasteiger partial charge in [0.15, 0.2) is 0 Å². The van der Waals surface area contributed by atoms with Crippen LogP contribution in [0.5, 0.6) is 5.75 Å². The Hall–Kier alpha value is -2.77. The average Bonchev–Trinajstić information content (AvgIpc) is 2.79. The summed E-state index contributed by atoms with van der Waals surface area (Å²) in [7, 11) is 1.49. The predicted octanol–water partition coefficient (Wildman–Crippen LogP) is 4.08.